The van der Waals surface area contributed by atoms with Crippen molar-refractivity contribution in [2.75, 3.05) is 6.67 Å². The fourth-order valence-electron chi connectivity index (χ4n) is 1.84. The van der Waals surface area contributed by atoms with Crippen LogP contribution in [0.4, 0.5) is 0 Å². The van der Waals surface area contributed by atoms with Gasteiger partial charge in [0, 0.05) is 0 Å². The molecule has 2 aliphatic heterocycles. The molecule has 1 N–H and O–H groups in total. The molecular formula is C8H10N4. The van der Waals surface area contributed by atoms with Gasteiger partial charge in [0.2, 0.25) is 0 Å². The fraction of sp³-hybridized carbons (Fsp3) is 0.500. The lowest BCUT2D eigenvalue weighted by Crippen LogP contribution is -2.27. The molecule has 0 saturated heterocycles. The molecule has 0 amide bonds. The number of allylic oxidation sites excluding steroid dienone is 1. The van der Waals surface area contributed by atoms with Gasteiger partial charge < -0.3 is 0 Å². The highest BCUT2D eigenvalue weighted by molar-refractivity contribution is 6.11. The molecule has 0 aromatic carbocycles. The zero-order valence-corrected chi connectivity index (χ0v) is 6.75. The van der Waals surface area contributed by atoms with E-state index in [9.17, 15) is 0 Å². The molecule has 1 saturated carbocycles. The van der Waals surface area contributed by atoms with Crippen molar-refractivity contribution < 1.29 is 0 Å². The van der Waals surface area contributed by atoms with Crippen LogP contribution in [0.1, 0.15) is 19.3 Å². The van der Waals surface area contributed by atoms with Gasteiger partial charge in [0.25, 0.3) is 0 Å². The van der Waals surface area contributed by atoms with Gasteiger partial charge in [0.1, 0.15) is 6.67 Å². The Balaban J connectivity index is 2.05. The number of nitrogens with zero attached hydrogens (tertiary/aromatic N) is 3. The number of fused-ring (bicyclic) bond motifs is 2. The van der Waals surface area contributed by atoms with E-state index in [0.717, 1.165) is 18.9 Å². The molecule has 62 valence electrons. The largest absolute Gasteiger partial charge is 0.286 e. The summed E-state index contributed by atoms with van der Waals surface area (Å²) in [6.45, 7) is 0.725. The number of rotatable bonds is 0. The minimum absolute atomic E-state index is 0.725. The minimum atomic E-state index is 0.725. The second-order valence-corrected chi connectivity index (χ2v) is 3.26. The van der Waals surface area contributed by atoms with Gasteiger partial charge in [-0.15, -0.1) is 0 Å². The monoisotopic (exact) mass is 162 g/mol. The third-order valence-corrected chi connectivity index (χ3v) is 2.45. The molecule has 4 nitrogen and oxygen atoms in total. The van der Waals surface area contributed by atoms with E-state index in [4.69, 9.17) is 0 Å². The zero-order valence-electron chi connectivity index (χ0n) is 6.75. The maximum atomic E-state index is 4.49. The second-order valence-electron chi connectivity index (χ2n) is 3.26. The fourth-order valence-corrected chi connectivity index (χ4v) is 1.84. The zero-order chi connectivity index (χ0) is 7.97. The molecule has 4 heteroatoms. The molecule has 0 radical (unpaired) electrons. The Bertz CT molecular complexity index is 313. The van der Waals surface area contributed by atoms with Crippen molar-refractivity contribution >= 4 is 11.5 Å². The molecule has 12 heavy (non-hydrogen) atoms. The number of hydrazone groups is 2. The summed E-state index contributed by atoms with van der Waals surface area (Å²) in [6.07, 6.45) is 5.70. The normalized spacial score (nSPS) is 25.3. The highest BCUT2D eigenvalue weighted by Gasteiger charge is 2.25. The maximum Gasteiger partial charge on any atom is 0.170 e. The Morgan fingerprint density at radius 1 is 1.42 bits per heavy atom. The lowest BCUT2D eigenvalue weighted by atomic mass is 10.1. The molecule has 0 spiro atoms. The first kappa shape index (κ1) is 6.22. The summed E-state index contributed by atoms with van der Waals surface area (Å²) in [7, 11) is 0. The molecule has 0 unspecified atom stereocenters. The standard InChI is InChI=1S/C8H10N4/c1-2-6-4-8-10-9-5-12(8)11-7(6)3-1/h4,9H,1-3,5H2. The van der Waals surface area contributed by atoms with Gasteiger partial charge >= 0.3 is 0 Å². The van der Waals surface area contributed by atoms with E-state index in [1.54, 1.807) is 0 Å². The van der Waals surface area contributed by atoms with Crippen molar-refractivity contribution in [3.8, 4) is 0 Å². The van der Waals surface area contributed by atoms with Crippen LogP contribution in [0.2, 0.25) is 0 Å². The van der Waals surface area contributed by atoms with E-state index in [1.165, 1.54) is 24.1 Å². The molecule has 1 aliphatic carbocycles. The van der Waals surface area contributed by atoms with E-state index >= 15 is 0 Å². The highest BCUT2D eigenvalue weighted by atomic mass is 15.6. The third kappa shape index (κ3) is 0.719. The second kappa shape index (κ2) is 2.09. The Hall–Kier alpha value is -1.32. The SMILES string of the molecule is C1=C2CCCC2=NN2CNN=C12. The first-order valence-electron chi connectivity index (χ1n) is 4.30. The Morgan fingerprint density at radius 2 is 2.42 bits per heavy atom. The lowest BCUT2D eigenvalue weighted by Gasteiger charge is -2.16. The first-order valence-corrected chi connectivity index (χ1v) is 4.30. The smallest absolute Gasteiger partial charge is 0.170 e. The number of nitrogens with one attached hydrogen (secondary N) is 1. The van der Waals surface area contributed by atoms with Crippen LogP contribution in [-0.2, 0) is 0 Å². The van der Waals surface area contributed by atoms with Crippen LogP contribution >= 0.6 is 0 Å². The number of amidine groups is 1. The van der Waals surface area contributed by atoms with Crippen molar-refractivity contribution in [3.63, 3.8) is 0 Å². The summed E-state index contributed by atoms with van der Waals surface area (Å²) in [4.78, 5) is 0. The molecule has 3 rings (SSSR count). The van der Waals surface area contributed by atoms with Crippen LogP contribution in [-0.4, -0.2) is 23.2 Å². The van der Waals surface area contributed by atoms with E-state index in [2.05, 4.69) is 21.7 Å². The summed E-state index contributed by atoms with van der Waals surface area (Å²) in [5.41, 5.74) is 5.56. The molecule has 2 heterocycles. The van der Waals surface area contributed by atoms with Crippen LogP contribution in [0.15, 0.2) is 21.9 Å². The summed E-state index contributed by atoms with van der Waals surface area (Å²) < 4.78 is 0. The number of hydrogen-bond donors (Lipinski definition) is 1. The highest BCUT2D eigenvalue weighted by Crippen LogP contribution is 2.26. The van der Waals surface area contributed by atoms with Crippen molar-refractivity contribution in [3.05, 3.63) is 11.6 Å². The summed E-state index contributed by atoms with van der Waals surface area (Å²) in [6, 6.07) is 0. The van der Waals surface area contributed by atoms with Gasteiger partial charge in [0.05, 0.1) is 5.71 Å². The van der Waals surface area contributed by atoms with E-state index in [-0.39, 0.29) is 0 Å². The molecule has 0 aromatic rings. The number of hydrogen-bond acceptors (Lipinski definition) is 4. The van der Waals surface area contributed by atoms with Crippen molar-refractivity contribution in [2.45, 2.75) is 19.3 Å². The van der Waals surface area contributed by atoms with Crippen LogP contribution in [0.3, 0.4) is 0 Å². The van der Waals surface area contributed by atoms with E-state index < -0.39 is 0 Å². The van der Waals surface area contributed by atoms with Crippen LogP contribution < -0.4 is 5.43 Å². The van der Waals surface area contributed by atoms with Crippen LogP contribution in [0.5, 0.6) is 0 Å². The van der Waals surface area contributed by atoms with E-state index in [0.29, 0.717) is 0 Å². The predicted octanol–water partition coefficient (Wildman–Crippen LogP) is 0.643. The van der Waals surface area contributed by atoms with Gasteiger partial charge in [-0.25, -0.2) is 5.01 Å². The lowest BCUT2D eigenvalue weighted by molar-refractivity contribution is 0.449. The quantitative estimate of drug-likeness (QED) is 0.568. The topological polar surface area (TPSA) is 40.0 Å². The van der Waals surface area contributed by atoms with Crippen molar-refractivity contribution in [1.29, 1.82) is 0 Å². The van der Waals surface area contributed by atoms with Gasteiger partial charge in [-0.05, 0) is 30.9 Å². The molecular weight excluding hydrogens is 152 g/mol. The molecule has 1 fully saturated rings. The Morgan fingerprint density at radius 3 is 3.42 bits per heavy atom. The summed E-state index contributed by atoms with van der Waals surface area (Å²) in [5.74, 6) is 0.968. The van der Waals surface area contributed by atoms with Gasteiger partial charge in [-0.2, -0.15) is 10.2 Å². The van der Waals surface area contributed by atoms with Gasteiger partial charge in [0.15, 0.2) is 5.84 Å². The molecule has 0 atom stereocenters. The van der Waals surface area contributed by atoms with Gasteiger partial charge in [-0.1, -0.05) is 0 Å². The first-order chi connectivity index (χ1) is 5.93. The minimum Gasteiger partial charge on any atom is -0.286 e. The summed E-state index contributed by atoms with van der Waals surface area (Å²) >= 11 is 0. The van der Waals surface area contributed by atoms with Crippen LogP contribution in [0, 0.1) is 0 Å². The maximum absolute atomic E-state index is 4.49. The molecule has 0 bridgehead atoms. The Labute approximate surface area is 70.6 Å². The third-order valence-electron chi connectivity index (χ3n) is 2.45. The van der Waals surface area contributed by atoms with Crippen molar-refractivity contribution in [1.82, 2.24) is 10.4 Å². The van der Waals surface area contributed by atoms with Gasteiger partial charge in [-0.3, -0.25) is 5.43 Å². The molecule has 3 aliphatic rings. The Kier molecular flexibility index (Phi) is 1.08. The molecule has 0 aromatic heterocycles. The average molecular weight is 162 g/mol. The predicted molar refractivity (Wildman–Crippen MR) is 46.6 cm³/mol. The van der Waals surface area contributed by atoms with E-state index in [1.807, 2.05) is 5.01 Å². The van der Waals surface area contributed by atoms with Crippen LogP contribution in [0.25, 0.3) is 0 Å². The van der Waals surface area contributed by atoms with Crippen molar-refractivity contribution in [2.24, 2.45) is 10.2 Å². The average Bonchev–Trinajstić information content (AvgIpc) is 2.64. The summed E-state index contributed by atoms with van der Waals surface area (Å²) in [5, 5.41) is 10.5.